The Kier molecular flexibility index (Phi) is 4.63. The average Bonchev–Trinajstić information content (AvgIpc) is 2.27. The molecule has 1 rings (SSSR count). The van der Waals surface area contributed by atoms with E-state index in [-0.39, 0.29) is 17.7 Å². The molecular weight excluding hydrogens is 221 g/mol. The molecule has 3 N–H and O–H groups in total. The number of hydrogen-bond donors (Lipinski definition) is 2. The maximum absolute atomic E-state index is 13.1. The summed E-state index contributed by atoms with van der Waals surface area (Å²) in [4.78, 5) is 10.7. The van der Waals surface area contributed by atoms with Crippen LogP contribution in [0.2, 0.25) is 0 Å². The fourth-order valence-electron chi connectivity index (χ4n) is 1.82. The van der Waals surface area contributed by atoms with Gasteiger partial charge >= 0.3 is 5.97 Å². The Morgan fingerprint density at radius 1 is 1.47 bits per heavy atom. The van der Waals surface area contributed by atoms with E-state index in [1.165, 1.54) is 12.1 Å². The fraction of sp³-hybridized carbons (Fsp3) is 0.462. The van der Waals surface area contributed by atoms with Crippen LogP contribution in [0.3, 0.4) is 0 Å². The van der Waals surface area contributed by atoms with Gasteiger partial charge in [0, 0.05) is 0 Å². The van der Waals surface area contributed by atoms with E-state index >= 15 is 0 Å². The second-order valence-electron chi connectivity index (χ2n) is 4.50. The summed E-state index contributed by atoms with van der Waals surface area (Å²) in [5.74, 6) is -1.11. The van der Waals surface area contributed by atoms with E-state index < -0.39 is 12.0 Å². The van der Waals surface area contributed by atoms with Crippen LogP contribution >= 0.6 is 0 Å². The Hall–Kier alpha value is -1.42. The van der Waals surface area contributed by atoms with Crippen LogP contribution in [0.5, 0.6) is 0 Å². The van der Waals surface area contributed by atoms with Crippen LogP contribution in [0.15, 0.2) is 24.3 Å². The minimum absolute atomic E-state index is 0.0797. The van der Waals surface area contributed by atoms with Crippen LogP contribution in [0.1, 0.15) is 31.7 Å². The summed E-state index contributed by atoms with van der Waals surface area (Å²) in [5, 5.41) is 8.74. The summed E-state index contributed by atoms with van der Waals surface area (Å²) < 4.78 is 13.1. The van der Waals surface area contributed by atoms with Gasteiger partial charge in [-0.1, -0.05) is 26.0 Å². The van der Waals surface area contributed by atoms with Gasteiger partial charge in [0.05, 0.1) is 0 Å². The molecule has 1 aromatic rings. The lowest BCUT2D eigenvalue weighted by Crippen LogP contribution is -2.32. The molecule has 3 atom stereocenters. The van der Waals surface area contributed by atoms with Crippen molar-refractivity contribution in [1.82, 2.24) is 0 Å². The van der Waals surface area contributed by atoms with Crippen molar-refractivity contribution in [3.63, 3.8) is 0 Å². The van der Waals surface area contributed by atoms with Gasteiger partial charge in [-0.3, -0.25) is 4.79 Å². The van der Waals surface area contributed by atoms with Crippen LogP contribution in [0.4, 0.5) is 4.39 Å². The molecule has 0 bridgehead atoms. The molecule has 17 heavy (non-hydrogen) atoms. The van der Waals surface area contributed by atoms with Gasteiger partial charge in [-0.15, -0.1) is 0 Å². The quantitative estimate of drug-likeness (QED) is 0.829. The molecule has 0 heterocycles. The van der Waals surface area contributed by atoms with Crippen LogP contribution in [0.25, 0.3) is 0 Å². The molecule has 0 amide bonds. The standard InChI is InChI=1S/C13H18FNO2/c1-8(6-12(15)13(16)17)9(2)10-4-3-5-11(14)7-10/h3-5,7-9,12H,6,15H2,1-2H3,(H,16,17). The van der Waals surface area contributed by atoms with Crippen molar-refractivity contribution in [2.45, 2.75) is 32.2 Å². The topological polar surface area (TPSA) is 63.3 Å². The number of halogens is 1. The second kappa shape index (κ2) is 5.77. The summed E-state index contributed by atoms with van der Waals surface area (Å²) >= 11 is 0. The minimum Gasteiger partial charge on any atom is -0.480 e. The lowest BCUT2D eigenvalue weighted by Gasteiger charge is -2.22. The summed E-state index contributed by atoms with van der Waals surface area (Å²) in [6, 6.07) is 5.51. The maximum Gasteiger partial charge on any atom is 0.320 e. The molecule has 0 aliphatic heterocycles. The van der Waals surface area contributed by atoms with Crippen molar-refractivity contribution < 1.29 is 14.3 Å². The zero-order chi connectivity index (χ0) is 13.0. The highest BCUT2D eigenvalue weighted by Gasteiger charge is 2.21. The van der Waals surface area contributed by atoms with Crippen molar-refractivity contribution in [2.24, 2.45) is 11.7 Å². The Balaban J connectivity index is 2.69. The lowest BCUT2D eigenvalue weighted by atomic mass is 9.85. The van der Waals surface area contributed by atoms with E-state index in [1.54, 1.807) is 6.07 Å². The number of nitrogens with two attached hydrogens (primary N) is 1. The highest BCUT2D eigenvalue weighted by atomic mass is 19.1. The van der Waals surface area contributed by atoms with Crippen LogP contribution in [-0.4, -0.2) is 17.1 Å². The van der Waals surface area contributed by atoms with Gasteiger partial charge in [0.1, 0.15) is 11.9 Å². The van der Waals surface area contributed by atoms with Crippen LogP contribution in [-0.2, 0) is 4.79 Å². The van der Waals surface area contributed by atoms with Gasteiger partial charge in [0.2, 0.25) is 0 Å². The van der Waals surface area contributed by atoms with Gasteiger partial charge in [-0.25, -0.2) is 4.39 Å². The number of benzene rings is 1. The van der Waals surface area contributed by atoms with E-state index in [1.807, 2.05) is 19.9 Å². The first-order chi connectivity index (χ1) is 7.91. The Labute approximate surface area is 100 Å². The molecule has 0 aromatic heterocycles. The van der Waals surface area contributed by atoms with Crippen molar-refractivity contribution >= 4 is 5.97 Å². The van der Waals surface area contributed by atoms with Crippen LogP contribution in [0, 0.1) is 11.7 Å². The van der Waals surface area contributed by atoms with Crippen molar-refractivity contribution in [1.29, 1.82) is 0 Å². The molecule has 4 heteroatoms. The summed E-state index contributed by atoms with van der Waals surface area (Å²) in [6.45, 7) is 3.88. The van der Waals surface area contributed by atoms with Crippen molar-refractivity contribution in [3.05, 3.63) is 35.6 Å². The third kappa shape index (κ3) is 3.82. The number of carboxylic acids is 1. The summed E-state index contributed by atoms with van der Waals surface area (Å²) in [5.41, 5.74) is 6.36. The predicted octanol–water partition coefficient (Wildman–Crippen LogP) is 2.37. The zero-order valence-corrected chi connectivity index (χ0v) is 10.1. The highest BCUT2D eigenvalue weighted by Crippen LogP contribution is 2.27. The zero-order valence-electron chi connectivity index (χ0n) is 10.1. The molecule has 1 aromatic carbocycles. The normalized spacial score (nSPS) is 16.2. The Morgan fingerprint density at radius 3 is 2.65 bits per heavy atom. The first-order valence-corrected chi connectivity index (χ1v) is 5.65. The maximum atomic E-state index is 13.1. The lowest BCUT2D eigenvalue weighted by molar-refractivity contribution is -0.138. The summed E-state index contributed by atoms with van der Waals surface area (Å²) in [6.07, 6.45) is 0.382. The number of carboxylic acid groups (broad SMARTS) is 1. The predicted molar refractivity (Wildman–Crippen MR) is 64.2 cm³/mol. The van der Waals surface area contributed by atoms with Gasteiger partial charge in [-0.2, -0.15) is 0 Å². The second-order valence-corrected chi connectivity index (χ2v) is 4.50. The SMILES string of the molecule is CC(CC(N)C(=O)O)C(C)c1cccc(F)c1. The van der Waals surface area contributed by atoms with Crippen LogP contribution < -0.4 is 5.73 Å². The molecule has 94 valence electrons. The van der Waals surface area contributed by atoms with Gasteiger partial charge in [-0.05, 0) is 36.0 Å². The molecule has 3 unspecified atom stereocenters. The molecule has 0 aliphatic carbocycles. The number of rotatable bonds is 5. The van der Waals surface area contributed by atoms with Gasteiger partial charge < -0.3 is 10.8 Å². The van der Waals surface area contributed by atoms with E-state index in [0.29, 0.717) is 6.42 Å². The first-order valence-electron chi connectivity index (χ1n) is 5.65. The Bertz CT molecular complexity index is 395. The first kappa shape index (κ1) is 13.6. The number of aliphatic carboxylic acids is 1. The minimum atomic E-state index is -0.997. The number of hydrogen-bond acceptors (Lipinski definition) is 2. The third-order valence-corrected chi connectivity index (χ3v) is 3.17. The largest absolute Gasteiger partial charge is 0.480 e. The molecular formula is C13H18FNO2. The molecule has 0 spiro atoms. The van der Waals surface area contributed by atoms with E-state index in [4.69, 9.17) is 10.8 Å². The van der Waals surface area contributed by atoms with Crippen molar-refractivity contribution in [2.75, 3.05) is 0 Å². The summed E-state index contributed by atoms with van der Waals surface area (Å²) in [7, 11) is 0. The molecule has 0 fully saturated rings. The van der Waals surface area contributed by atoms with E-state index in [0.717, 1.165) is 5.56 Å². The van der Waals surface area contributed by atoms with E-state index in [2.05, 4.69) is 0 Å². The fourth-order valence-corrected chi connectivity index (χ4v) is 1.82. The van der Waals surface area contributed by atoms with Gasteiger partial charge in [0.25, 0.3) is 0 Å². The van der Waals surface area contributed by atoms with E-state index in [9.17, 15) is 9.18 Å². The monoisotopic (exact) mass is 239 g/mol. The van der Waals surface area contributed by atoms with Gasteiger partial charge in [0.15, 0.2) is 0 Å². The molecule has 0 saturated carbocycles. The van der Waals surface area contributed by atoms with Crippen molar-refractivity contribution in [3.8, 4) is 0 Å². The average molecular weight is 239 g/mol. The number of carbonyl (C=O) groups is 1. The third-order valence-electron chi connectivity index (χ3n) is 3.17. The molecule has 0 aliphatic rings. The molecule has 0 saturated heterocycles. The molecule has 0 radical (unpaired) electrons. The smallest absolute Gasteiger partial charge is 0.320 e. The highest BCUT2D eigenvalue weighted by molar-refractivity contribution is 5.73. The Morgan fingerprint density at radius 2 is 2.12 bits per heavy atom. The molecule has 3 nitrogen and oxygen atoms in total.